The van der Waals surface area contributed by atoms with Crippen LogP contribution >= 0.6 is 0 Å². The van der Waals surface area contributed by atoms with Gasteiger partial charge in [-0.1, -0.05) is 0 Å². The van der Waals surface area contributed by atoms with Crippen LogP contribution in [0.2, 0.25) is 0 Å². The van der Waals surface area contributed by atoms with Gasteiger partial charge < -0.3 is 14.4 Å². The molecule has 0 unspecified atom stereocenters. The highest BCUT2D eigenvalue weighted by Gasteiger charge is 2.23. The zero-order valence-electron chi connectivity index (χ0n) is 18.3. The summed E-state index contributed by atoms with van der Waals surface area (Å²) in [4.78, 5) is 23.6. The van der Waals surface area contributed by atoms with E-state index in [2.05, 4.69) is 15.1 Å². The van der Waals surface area contributed by atoms with Crippen molar-refractivity contribution < 1.29 is 18.7 Å². The van der Waals surface area contributed by atoms with Crippen LogP contribution in [0.3, 0.4) is 0 Å². The highest BCUT2D eigenvalue weighted by molar-refractivity contribution is 5.95. The van der Waals surface area contributed by atoms with Crippen LogP contribution < -0.4 is 4.74 Å². The second-order valence-corrected chi connectivity index (χ2v) is 7.23. The zero-order valence-corrected chi connectivity index (χ0v) is 18.3. The second kappa shape index (κ2) is 9.65. The number of benzene rings is 1. The highest BCUT2D eigenvalue weighted by Crippen LogP contribution is 2.25. The van der Waals surface area contributed by atoms with Gasteiger partial charge in [0.15, 0.2) is 11.6 Å². The van der Waals surface area contributed by atoms with Crippen molar-refractivity contribution in [2.24, 2.45) is 0 Å². The molecule has 1 amide bonds. The number of halogens is 1. The molecule has 0 saturated carbocycles. The summed E-state index contributed by atoms with van der Waals surface area (Å²) in [6.45, 7) is 6.62. The fraction of sp³-hybridized carbons (Fsp3) is 0.364. The van der Waals surface area contributed by atoms with Gasteiger partial charge in [-0.25, -0.2) is 19.0 Å². The molecule has 0 bridgehead atoms. The van der Waals surface area contributed by atoms with Crippen LogP contribution in [-0.2, 0) is 4.74 Å². The summed E-state index contributed by atoms with van der Waals surface area (Å²) in [5, 5.41) is 4.33. The molecule has 0 spiro atoms. The first-order valence-electron chi connectivity index (χ1n) is 9.89. The molecule has 31 heavy (non-hydrogen) atoms. The van der Waals surface area contributed by atoms with Gasteiger partial charge >= 0.3 is 0 Å². The number of amides is 1. The first kappa shape index (κ1) is 22.4. The minimum absolute atomic E-state index is 0.00921. The van der Waals surface area contributed by atoms with Crippen LogP contribution in [0, 0.1) is 12.7 Å². The zero-order chi connectivity index (χ0) is 22.5. The maximum absolute atomic E-state index is 14.1. The van der Waals surface area contributed by atoms with Crippen molar-refractivity contribution >= 4 is 5.91 Å². The molecule has 8 nitrogen and oxygen atoms in total. The Balaban J connectivity index is 1.93. The van der Waals surface area contributed by atoms with Crippen LogP contribution in [0.25, 0.3) is 17.2 Å². The molecule has 3 aromatic rings. The smallest absolute Gasteiger partial charge is 0.257 e. The van der Waals surface area contributed by atoms with E-state index in [0.717, 1.165) is 0 Å². The average Bonchev–Trinajstić information content (AvgIpc) is 3.15. The lowest BCUT2D eigenvalue weighted by Gasteiger charge is -2.26. The van der Waals surface area contributed by atoms with Gasteiger partial charge in [-0.2, -0.15) is 5.10 Å². The van der Waals surface area contributed by atoms with Gasteiger partial charge in [-0.15, -0.1) is 0 Å². The maximum Gasteiger partial charge on any atom is 0.257 e. The molecule has 1 aromatic carbocycles. The van der Waals surface area contributed by atoms with Gasteiger partial charge in [0, 0.05) is 31.5 Å². The second-order valence-electron chi connectivity index (χ2n) is 7.23. The lowest BCUT2D eigenvalue weighted by molar-refractivity contribution is 0.0634. The van der Waals surface area contributed by atoms with Crippen molar-refractivity contribution in [2.45, 2.75) is 26.8 Å². The molecule has 0 N–H and O–H groups in total. The summed E-state index contributed by atoms with van der Waals surface area (Å²) in [5.74, 6) is -0.164. The van der Waals surface area contributed by atoms with Crippen LogP contribution in [0.1, 0.15) is 29.9 Å². The first-order chi connectivity index (χ1) is 14.9. The molecule has 0 aliphatic carbocycles. The predicted molar refractivity (Wildman–Crippen MR) is 114 cm³/mol. The van der Waals surface area contributed by atoms with E-state index >= 15 is 0 Å². The lowest BCUT2D eigenvalue weighted by Crippen LogP contribution is -2.39. The average molecular weight is 427 g/mol. The summed E-state index contributed by atoms with van der Waals surface area (Å²) in [7, 11) is 3.02. The Morgan fingerprint density at radius 2 is 2.03 bits per heavy atom. The number of hydrogen-bond acceptors (Lipinski definition) is 6. The molecular formula is C22H26FN5O3. The van der Waals surface area contributed by atoms with Gasteiger partial charge in [-0.05, 0) is 45.0 Å². The quantitative estimate of drug-likeness (QED) is 0.549. The van der Waals surface area contributed by atoms with Crippen LogP contribution in [0.5, 0.6) is 5.75 Å². The number of ether oxygens (including phenoxy) is 2. The topological polar surface area (TPSA) is 82.4 Å². The number of hydrogen-bond donors (Lipinski definition) is 0. The summed E-state index contributed by atoms with van der Waals surface area (Å²) < 4.78 is 25.7. The number of aromatic nitrogens is 4. The Hall–Kier alpha value is -3.33. The predicted octanol–water partition coefficient (Wildman–Crippen LogP) is 3.28. The molecule has 0 aliphatic heterocycles. The molecule has 0 saturated heterocycles. The van der Waals surface area contributed by atoms with E-state index in [-0.39, 0.29) is 17.7 Å². The normalized spacial score (nSPS) is 11.1. The van der Waals surface area contributed by atoms with Crippen molar-refractivity contribution in [2.75, 3.05) is 27.4 Å². The van der Waals surface area contributed by atoms with Crippen LogP contribution in [0.4, 0.5) is 4.39 Å². The van der Waals surface area contributed by atoms with Crippen LogP contribution in [0.15, 0.2) is 36.7 Å². The van der Waals surface area contributed by atoms with E-state index in [9.17, 15) is 9.18 Å². The van der Waals surface area contributed by atoms with E-state index in [0.29, 0.717) is 41.6 Å². The van der Waals surface area contributed by atoms with E-state index < -0.39 is 5.82 Å². The van der Waals surface area contributed by atoms with E-state index in [1.165, 1.54) is 24.1 Å². The molecule has 0 radical (unpaired) electrons. The molecule has 0 aliphatic rings. The fourth-order valence-corrected chi connectivity index (χ4v) is 3.20. The van der Waals surface area contributed by atoms with Gasteiger partial charge in [0.05, 0.1) is 36.9 Å². The van der Waals surface area contributed by atoms with Crippen molar-refractivity contribution in [3.63, 3.8) is 0 Å². The number of carbonyl (C=O) groups is 1. The van der Waals surface area contributed by atoms with Crippen molar-refractivity contribution in [3.8, 4) is 23.0 Å². The largest absolute Gasteiger partial charge is 0.494 e. The van der Waals surface area contributed by atoms with Gasteiger partial charge in [0.25, 0.3) is 11.9 Å². The van der Waals surface area contributed by atoms with E-state index in [1.807, 2.05) is 13.8 Å². The molecule has 2 heterocycles. The third kappa shape index (κ3) is 4.72. The van der Waals surface area contributed by atoms with Crippen molar-refractivity contribution in [1.82, 2.24) is 24.6 Å². The molecule has 9 heteroatoms. The maximum atomic E-state index is 14.1. The number of methoxy groups -OCH3 is 2. The summed E-state index contributed by atoms with van der Waals surface area (Å²) in [6.07, 6.45) is 3.09. The third-order valence-electron chi connectivity index (χ3n) is 4.94. The van der Waals surface area contributed by atoms with Crippen molar-refractivity contribution in [1.29, 1.82) is 0 Å². The number of rotatable bonds is 8. The van der Waals surface area contributed by atoms with E-state index in [4.69, 9.17) is 9.47 Å². The van der Waals surface area contributed by atoms with Gasteiger partial charge in [0.1, 0.15) is 0 Å². The standard InChI is InChI=1S/C22H26FN5O3/c1-14(2)27(10-11-30-4)21(29)17-13-25-28(15(17)3)22-24-9-8-19(26-22)16-6-7-20(31-5)18(23)12-16/h6-9,12-14H,10-11H2,1-5H3. The Bertz CT molecular complexity index is 1070. The molecule has 0 fully saturated rings. The van der Waals surface area contributed by atoms with Gasteiger partial charge in [-0.3, -0.25) is 4.79 Å². The number of carbonyl (C=O) groups excluding carboxylic acids is 1. The molecular weight excluding hydrogens is 401 g/mol. The first-order valence-corrected chi connectivity index (χ1v) is 9.89. The van der Waals surface area contributed by atoms with Crippen LogP contribution in [-0.4, -0.2) is 64.0 Å². The fourth-order valence-electron chi connectivity index (χ4n) is 3.20. The third-order valence-corrected chi connectivity index (χ3v) is 4.94. The Labute approximate surface area is 180 Å². The lowest BCUT2D eigenvalue weighted by atomic mass is 10.1. The molecule has 2 aromatic heterocycles. The molecule has 0 atom stereocenters. The summed E-state index contributed by atoms with van der Waals surface area (Å²) in [6, 6.07) is 6.31. The monoisotopic (exact) mass is 427 g/mol. The SMILES string of the molecule is COCCN(C(=O)c1cnn(-c2nccc(-c3ccc(OC)c(F)c3)n2)c1C)C(C)C. The molecule has 3 rings (SSSR count). The molecule has 164 valence electrons. The van der Waals surface area contributed by atoms with Crippen molar-refractivity contribution in [3.05, 3.63) is 53.7 Å². The van der Waals surface area contributed by atoms with Gasteiger partial charge in [0.2, 0.25) is 0 Å². The summed E-state index contributed by atoms with van der Waals surface area (Å²) >= 11 is 0. The van der Waals surface area contributed by atoms with E-state index in [1.54, 1.807) is 43.3 Å². The Morgan fingerprint density at radius 1 is 1.26 bits per heavy atom. The highest BCUT2D eigenvalue weighted by atomic mass is 19.1. The minimum atomic E-state index is -0.479. The number of nitrogens with zero attached hydrogens (tertiary/aromatic N) is 5. The minimum Gasteiger partial charge on any atom is -0.494 e. The Kier molecular flexibility index (Phi) is 6.96. The summed E-state index contributed by atoms with van der Waals surface area (Å²) in [5.41, 5.74) is 2.19. The Morgan fingerprint density at radius 3 is 2.68 bits per heavy atom.